The summed E-state index contributed by atoms with van der Waals surface area (Å²) in [7, 11) is 1.54. The maximum absolute atomic E-state index is 14.4. The first-order chi connectivity index (χ1) is 13.0. The fraction of sp³-hybridized carbons (Fsp3) is 0.381. The third-order valence-corrected chi connectivity index (χ3v) is 4.70. The van der Waals surface area contributed by atoms with Crippen LogP contribution in [0.25, 0.3) is 0 Å². The van der Waals surface area contributed by atoms with E-state index in [0.29, 0.717) is 29.5 Å². The molecule has 5 nitrogen and oxygen atoms in total. The number of ether oxygens (including phenoxy) is 2. The van der Waals surface area contributed by atoms with Gasteiger partial charge in [0.2, 0.25) is 5.91 Å². The van der Waals surface area contributed by atoms with Gasteiger partial charge in [-0.1, -0.05) is 6.07 Å². The standard InChI is InChI=1S/C21H25FN2O3/c1-14-3-6-19(20(11-14)26-2)27-18-7-5-16(12-17(18)22)24-21(25)8-4-15-9-10-23-13-15/h3,5-7,11-12,15,23H,4,8-10,13H2,1-2H3,(H,24,25). The highest BCUT2D eigenvalue weighted by molar-refractivity contribution is 5.90. The van der Waals surface area contributed by atoms with Crippen LogP contribution in [-0.4, -0.2) is 26.1 Å². The number of hydrogen-bond donors (Lipinski definition) is 2. The molecule has 1 aliphatic rings. The van der Waals surface area contributed by atoms with Gasteiger partial charge in [0.1, 0.15) is 0 Å². The molecule has 0 spiro atoms. The van der Waals surface area contributed by atoms with Crippen molar-refractivity contribution >= 4 is 11.6 Å². The Hall–Kier alpha value is -2.60. The van der Waals surface area contributed by atoms with Crippen molar-refractivity contribution in [1.82, 2.24) is 5.32 Å². The van der Waals surface area contributed by atoms with Crippen molar-refractivity contribution in [2.45, 2.75) is 26.2 Å². The first-order valence-corrected chi connectivity index (χ1v) is 9.18. The van der Waals surface area contributed by atoms with Crippen LogP contribution in [-0.2, 0) is 4.79 Å². The van der Waals surface area contributed by atoms with Crippen molar-refractivity contribution in [1.29, 1.82) is 0 Å². The lowest BCUT2D eigenvalue weighted by molar-refractivity contribution is -0.116. The van der Waals surface area contributed by atoms with Gasteiger partial charge in [-0.25, -0.2) is 4.39 Å². The molecule has 3 rings (SSSR count). The van der Waals surface area contributed by atoms with Crippen LogP contribution in [0, 0.1) is 18.7 Å². The highest BCUT2D eigenvalue weighted by Crippen LogP contribution is 2.34. The minimum atomic E-state index is -0.546. The Morgan fingerprint density at radius 1 is 1.22 bits per heavy atom. The molecule has 1 unspecified atom stereocenters. The van der Waals surface area contributed by atoms with Gasteiger partial charge in [0.25, 0.3) is 0 Å². The quantitative estimate of drug-likeness (QED) is 0.762. The summed E-state index contributed by atoms with van der Waals surface area (Å²) in [6.07, 6.45) is 2.39. The summed E-state index contributed by atoms with van der Waals surface area (Å²) in [4.78, 5) is 12.1. The Bertz CT molecular complexity index is 804. The fourth-order valence-corrected chi connectivity index (χ4v) is 3.16. The van der Waals surface area contributed by atoms with Crippen molar-refractivity contribution in [3.05, 3.63) is 47.8 Å². The number of anilines is 1. The molecule has 1 fully saturated rings. The molecule has 144 valence electrons. The molecule has 0 radical (unpaired) electrons. The Morgan fingerprint density at radius 2 is 2.04 bits per heavy atom. The lowest BCUT2D eigenvalue weighted by Crippen LogP contribution is -2.15. The Labute approximate surface area is 158 Å². The minimum absolute atomic E-state index is 0.0761. The van der Waals surface area contributed by atoms with Crippen molar-refractivity contribution in [3.8, 4) is 17.2 Å². The van der Waals surface area contributed by atoms with Gasteiger partial charge in [0.15, 0.2) is 23.1 Å². The molecule has 0 aromatic heterocycles. The summed E-state index contributed by atoms with van der Waals surface area (Å²) in [6.45, 7) is 3.93. The number of hydrogen-bond acceptors (Lipinski definition) is 4. The highest BCUT2D eigenvalue weighted by atomic mass is 19.1. The molecule has 27 heavy (non-hydrogen) atoms. The van der Waals surface area contributed by atoms with Crippen LogP contribution in [0.4, 0.5) is 10.1 Å². The monoisotopic (exact) mass is 372 g/mol. The van der Waals surface area contributed by atoms with Gasteiger partial charge in [-0.15, -0.1) is 0 Å². The van der Waals surface area contributed by atoms with E-state index in [0.717, 1.165) is 31.5 Å². The van der Waals surface area contributed by atoms with E-state index < -0.39 is 5.82 Å². The molecule has 2 N–H and O–H groups in total. The minimum Gasteiger partial charge on any atom is -0.493 e. The fourth-order valence-electron chi connectivity index (χ4n) is 3.16. The number of benzene rings is 2. The average Bonchev–Trinajstić information content (AvgIpc) is 3.17. The third kappa shape index (κ3) is 5.20. The van der Waals surface area contributed by atoms with E-state index in [9.17, 15) is 9.18 Å². The van der Waals surface area contributed by atoms with Gasteiger partial charge < -0.3 is 20.1 Å². The molecular weight excluding hydrogens is 347 g/mol. The molecule has 1 saturated heterocycles. The van der Waals surface area contributed by atoms with Crippen molar-refractivity contribution in [2.24, 2.45) is 5.92 Å². The summed E-state index contributed by atoms with van der Waals surface area (Å²) >= 11 is 0. The zero-order chi connectivity index (χ0) is 19.2. The van der Waals surface area contributed by atoms with Gasteiger partial charge >= 0.3 is 0 Å². The van der Waals surface area contributed by atoms with E-state index in [1.165, 1.54) is 19.2 Å². The van der Waals surface area contributed by atoms with Gasteiger partial charge in [-0.3, -0.25) is 4.79 Å². The number of carbonyl (C=O) groups is 1. The van der Waals surface area contributed by atoms with Gasteiger partial charge in [0.05, 0.1) is 7.11 Å². The van der Waals surface area contributed by atoms with E-state index in [-0.39, 0.29) is 11.7 Å². The zero-order valence-corrected chi connectivity index (χ0v) is 15.7. The number of halogens is 1. The molecule has 1 aliphatic heterocycles. The van der Waals surface area contributed by atoms with Crippen LogP contribution in [0.3, 0.4) is 0 Å². The molecule has 1 heterocycles. The van der Waals surface area contributed by atoms with E-state index in [1.54, 1.807) is 12.1 Å². The predicted molar refractivity (Wildman–Crippen MR) is 103 cm³/mol. The normalized spacial score (nSPS) is 16.2. The second kappa shape index (κ2) is 8.86. The van der Waals surface area contributed by atoms with Crippen LogP contribution in [0.1, 0.15) is 24.8 Å². The Balaban J connectivity index is 1.60. The first kappa shape index (κ1) is 19.2. The molecule has 2 aromatic rings. The number of aryl methyl sites for hydroxylation is 1. The summed E-state index contributed by atoms with van der Waals surface area (Å²) in [6, 6.07) is 9.83. The van der Waals surface area contributed by atoms with Crippen molar-refractivity contribution in [3.63, 3.8) is 0 Å². The van der Waals surface area contributed by atoms with Crippen molar-refractivity contribution < 1.29 is 18.7 Å². The molecular formula is C21H25FN2O3. The number of carbonyl (C=O) groups excluding carboxylic acids is 1. The maximum atomic E-state index is 14.4. The smallest absolute Gasteiger partial charge is 0.224 e. The zero-order valence-electron chi connectivity index (χ0n) is 15.7. The first-order valence-electron chi connectivity index (χ1n) is 9.18. The largest absolute Gasteiger partial charge is 0.493 e. The third-order valence-electron chi connectivity index (χ3n) is 4.70. The molecule has 1 amide bonds. The van der Waals surface area contributed by atoms with Crippen LogP contribution in [0.5, 0.6) is 17.2 Å². The molecule has 6 heteroatoms. The second-order valence-electron chi connectivity index (χ2n) is 6.85. The Kier molecular flexibility index (Phi) is 6.29. The van der Waals surface area contributed by atoms with E-state index in [1.807, 2.05) is 19.1 Å². The Morgan fingerprint density at radius 3 is 2.74 bits per heavy atom. The second-order valence-corrected chi connectivity index (χ2v) is 6.85. The van der Waals surface area contributed by atoms with Gasteiger partial charge in [-0.2, -0.15) is 0 Å². The predicted octanol–water partition coefficient (Wildman–Crippen LogP) is 4.26. The summed E-state index contributed by atoms with van der Waals surface area (Å²) in [5.74, 6) is 0.947. The average molecular weight is 372 g/mol. The molecule has 0 saturated carbocycles. The highest BCUT2D eigenvalue weighted by Gasteiger charge is 2.16. The number of nitrogens with one attached hydrogen (secondary N) is 2. The summed E-state index contributed by atoms with van der Waals surface area (Å²) in [5, 5.41) is 6.03. The van der Waals surface area contributed by atoms with Gasteiger partial charge in [0, 0.05) is 18.2 Å². The number of rotatable bonds is 7. The molecule has 1 atom stereocenters. The van der Waals surface area contributed by atoms with Crippen LogP contribution >= 0.6 is 0 Å². The molecule has 0 aliphatic carbocycles. The SMILES string of the molecule is COc1cc(C)ccc1Oc1ccc(NC(=O)CCC2CCNC2)cc1F. The van der Waals surface area contributed by atoms with Crippen LogP contribution in [0.15, 0.2) is 36.4 Å². The summed E-state index contributed by atoms with van der Waals surface area (Å²) in [5.41, 5.74) is 1.44. The number of amides is 1. The van der Waals surface area contributed by atoms with Gasteiger partial charge in [-0.05, 0) is 68.6 Å². The topological polar surface area (TPSA) is 59.6 Å². The lowest BCUT2D eigenvalue weighted by Gasteiger charge is -2.13. The molecule has 2 aromatic carbocycles. The van der Waals surface area contributed by atoms with E-state index in [4.69, 9.17) is 9.47 Å². The van der Waals surface area contributed by atoms with Crippen LogP contribution < -0.4 is 20.1 Å². The maximum Gasteiger partial charge on any atom is 0.224 e. The van der Waals surface area contributed by atoms with Crippen LogP contribution in [0.2, 0.25) is 0 Å². The van der Waals surface area contributed by atoms with E-state index >= 15 is 0 Å². The van der Waals surface area contributed by atoms with Crippen molar-refractivity contribution in [2.75, 3.05) is 25.5 Å². The summed E-state index contributed by atoms with van der Waals surface area (Å²) < 4.78 is 25.3. The lowest BCUT2D eigenvalue weighted by atomic mass is 10.0. The molecule has 0 bridgehead atoms. The van der Waals surface area contributed by atoms with E-state index in [2.05, 4.69) is 10.6 Å². The number of methoxy groups -OCH3 is 1.